The van der Waals surface area contributed by atoms with Crippen molar-refractivity contribution in [3.63, 3.8) is 0 Å². The zero-order valence-electron chi connectivity index (χ0n) is 8.68. The van der Waals surface area contributed by atoms with E-state index in [0.717, 1.165) is 11.3 Å². The third-order valence-corrected chi connectivity index (χ3v) is 2.26. The van der Waals surface area contributed by atoms with Gasteiger partial charge in [-0.3, -0.25) is 0 Å². The first-order valence-corrected chi connectivity index (χ1v) is 5.09. The van der Waals surface area contributed by atoms with E-state index in [1.165, 1.54) is 13.3 Å². The van der Waals surface area contributed by atoms with Crippen LogP contribution in [0.1, 0.15) is 5.76 Å². The van der Waals surface area contributed by atoms with E-state index in [2.05, 4.69) is 9.99 Å². The summed E-state index contributed by atoms with van der Waals surface area (Å²) in [6.45, 7) is 0. The van der Waals surface area contributed by atoms with Gasteiger partial charge in [-0.2, -0.15) is 0 Å². The number of halogens is 1. The Morgan fingerprint density at radius 2 is 2.19 bits per heavy atom. The fraction of sp³-hybridized carbons (Fsp3) is 0.0833. The van der Waals surface area contributed by atoms with Gasteiger partial charge < -0.3 is 9.25 Å². The maximum Gasteiger partial charge on any atom is 0.149 e. The first kappa shape index (κ1) is 10.8. The molecule has 0 fully saturated rings. The molecule has 0 aliphatic carbocycles. The van der Waals surface area contributed by atoms with Gasteiger partial charge >= 0.3 is 0 Å². The fourth-order valence-electron chi connectivity index (χ4n) is 1.32. The van der Waals surface area contributed by atoms with E-state index in [9.17, 15) is 0 Å². The summed E-state index contributed by atoms with van der Waals surface area (Å²) in [5, 5.41) is 4.30. The molecule has 0 saturated carbocycles. The van der Waals surface area contributed by atoms with E-state index >= 15 is 0 Å². The first-order chi connectivity index (χ1) is 7.79. The molecule has 3 nitrogen and oxygen atoms in total. The predicted molar refractivity (Wildman–Crippen MR) is 63.8 cm³/mol. The largest absolute Gasteiger partial charge is 0.455 e. The van der Waals surface area contributed by atoms with Gasteiger partial charge in [0.05, 0.1) is 0 Å². The van der Waals surface area contributed by atoms with Crippen molar-refractivity contribution in [1.82, 2.24) is 0 Å². The summed E-state index contributed by atoms with van der Waals surface area (Å²) >= 11 is 5.90. The van der Waals surface area contributed by atoms with Crippen molar-refractivity contribution in [2.75, 3.05) is 7.11 Å². The van der Waals surface area contributed by atoms with Gasteiger partial charge in [-0.05, 0) is 24.3 Å². The van der Waals surface area contributed by atoms with Gasteiger partial charge in [0.2, 0.25) is 0 Å². The summed E-state index contributed by atoms with van der Waals surface area (Å²) in [5.74, 6) is 1.39. The number of rotatable bonds is 3. The van der Waals surface area contributed by atoms with Crippen molar-refractivity contribution in [1.29, 1.82) is 0 Å². The van der Waals surface area contributed by atoms with Crippen LogP contribution in [-0.2, 0) is 4.84 Å². The molecule has 2 aromatic rings. The molecular weight excluding hydrogens is 226 g/mol. The van der Waals surface area contributed by atoms with Gasteiger partial charge in [0.15, 0.2) is 0 Å². The van der Waals surface area contributed by atoms with Gasteiger partial charge in [-0.25, -0.2) is 0 Å². The lowest BCUT2D eigenvalue weighted by Crippen LogP contribution is -1.76. The summed E-state index contributed by atoms with van der Waals surface area (Å²) in [6, 6.07) is 11.2. The molecule has 0 aliphatic rings. The van der Waals surface area contributed by atoms with Crippen LogP contribution in [0.4, 0.5) is 0 Å². The van der Waals surface area contributed by atoms with E-state index in [0.29, 0.717) is 10.8 Å². The van der Waals surface area contributed by atoms with Gasteiger partial charge in [-0.1, -0.05) is 28.9 Å². The molecule has 1 aromatic heterocycles. The summed E-state index contributed by atoms with van der Waals surface area (Å²) in [5.41, 5.74) is 0.935. The van der Waals surface area contributed by atoms with Crippen LogP contribution in [-0.4, -0.2) is 13.3 Å². The summed E-state index contributed by atoms with van der Waals surface area (Å²) < 4.78 is 5.54. The maximum absolute atomic E-state index is 5.90. The molecule has 0 aliphatic heterocycles. The van der Waals surface area contributed by atoms with Crippen LogP contribution in [0.15, 0.2) is 46.0 Å². The lowest BCUT2D eigenvalue weighted by atomic mass is 10.2. The predicted octanol–water partition coefficient (Wildman–Crippen LogP) is 3.58. The Morgan fingerprint density at radius 3 is 2.94 bits per heavy atom. The van der Waals surface area contributed by atoms with Crippen molar-refractivity contribution in [3.8, 4) is 11.3 Å². The number of oxime groups is 1. The van der Waals surface area contributed by atoms with Crippen molar-refractivity contribution in [2.24, 2.45) is 5.16 Å². The molecule has 0 bridgehead atoms. The molecule has 0 spiro atoms. The molecule has 1 heterocycles. The minimum Gasteiger partial charge on any atom is -0.455 e. The smallest absolute Gasteiger partial charge is 0.149 e. The van der Waals surface area contributed by atoms with Gasteiger partial charge in [-0.15, -0.1) is 0 Å². The van der Waals surface area contributed by atoms with E-state index in [-0.39, 0.29) is 0 Å². The van der Waals surface area contributed by atoms with Crippen LogP contribution >= 0.6 is 11.6 Å². The molecule has 0 atom stereocenters. The Morgan fingerprint density at radius 1 is 1.31 bits per heavy atom. The minimum atomic E-state index is 0.636. The second-order valence-electron chi connectivity index (χ2n) is 3.13. The normalized spacial score (nSPS) is 10.9. The van der Waals surface area contributed by atoms with Crippen LogP contribution in [0.5, 0.6) is 0 Å². The highest BCUT2D eigenvalue weighted by Gasteiger charge is 2.03. The second-order valence-corrected chi connectivity index (χ2v) is 3.57. The average Bonchev–Trinajstić information content (AvgIpc) is 2.75. The SMILES string of the molecule is CO/N=C/c1ccc(-c2cccc(Cl)c2)o1. The second kappa shape index (κ2) is 4.86. The molecule has 2 rings (SSSR count). The number of benzene rings is 1. The summed E-state index contributed by atoms with van der Waals surface area (Å²) in [7, 11) is 1.48. The van der Waals surface area contributed by atoms with Crippen LogP contribution in [0.2, 0.25) is 5.02 Å². The van der Waals surface area contributed by atoms with E-state index in [1.54, 1.807) is 0 Å². The molecule has 16 heavy (non-hydrogen) atoms. The average molecular weight is 236 g/mol. The third kappa shape index (κ3) is 2.44. The standard InChI is InChI=1S/C12H10ClNO2/c1-15-14-8-11-5-6-12(16-11)9-3-2-4-10(13)7-9/h2-8H,1H3/b14-8+. The molecule has 0 N–H and O–H groups in total. The highest BCUT2D eigenvalue weighted by Crippen LogP contribution is 2.24. The van der Waals surface area contributed by atoms with Crippen molar-refractivity contribution < 1.29 is 9.25 Å². The van der Waals surface area contributed by atoms with Crippen LogP contribution in [0.25, 0.3) is 11.3 Å². The van der Waals surface area contributed by atoms with Crippen molar-refractivity contribution in [3.05, 3.63) is 47.2 Å². The number of furan rings is 1. The quantitative estimate of drug-likeness (QED) is 0.602. The maximum atomic E-state index is 5.90. The van der Waals surface area contributed by atoms with Crippen LogP contribution in [0, 0.1) is 0 Å². The molecular formula is C12H10ClNO2. The van der Waals surface area contributed by atoms with Crippen molar-refractivity contribution >= 4 is 17.8 Å². The van der Waals surface area contributed by atoms with Crippen LogP contribution < -0.4 is 0 Å². The summed E-state index contributed by atoms with van der Waals surface area (Å²) in [4.78, 5) is 4.57. The highest BCUT2D eigenvalue weighted by molar-refractivity contribution is 6.30. The van der Waals surface area contributed by atoms with E-state index in [1.807, 2.05) is 36.4 Å². The third-order valence-electron chi connectivity index (χ3n) is 2.02. The van der Waals surface area contributed by atoms with Gasteiger partial charge in [0.1, 0.15) is 24.8 Å². The van der Waals surface area contributed by atoms with Crippen LogP contribution in [0.3, 0.4) is 0 Å². The number of hydrogen-bond acceptors (Lipinski definition) is 3. The fourth-order valence-corrected chi connectivity index (χ4v) is 1.51. The molecule has 0 radical (unpaired) electrons. The minimum absolute atomic E-state index is 0.636. The Kier molecular flexibility index (Phi) is 3.27. The molecule has 0 amide bonds. The Bertz CT molecular complexity index is 505. The van der Waals surface area contributed by atoms with Gasteiger partial charge in [0, 0.05) is 10.6 Å². The Hall–Kier alpha value is -1.74. The molecule has 82 valence electrons. The zero-order valence-corrected chi connectivity index (χ0v) is 9.44. The first-order valence-electron chi connectivity index (χ1n) is 4.72. The molecule has 4 heteroatoms. The number of hydrogen-bond donors (Lipinski definition) is 0. The molecule has 0 unspecified atom stereocenters. The van der Waals surface area contributed by atoms with E-state index in [4.69, 9.17) is 16.0 Å². The monoisotopic (exact) mass is 235 g/mol. The summed E-state index contributed by atoms with van der Waals surface area (Å²) in [6.07, 6.45) is 1.51. The Balaban J connectivity index is 2.28. The Labute approximate surface area is 98.3 Å². The molecule has 0 saturated heterocycles. The highest BCUT2D eigenvalue weighted by atomic mass is 35.5. The molecule has 1 aromatic carbocycles. The zero-order chi connectivity index (χ0) is 11.4. The van der Waals surface area contributed by atoms with Gasteiger partial charge in [0.25, 0.3) is 0 Å². The van der Waals surface area contributed by atoms with E-state index < -0.39 is 0 Å². The topological polar surface area (TPSA) is 34.7 Å². The number of nitrogens with zero attached hydrogens (tertiary/aromatic N) is 1. The lowest BCUT2D eigenvalue weighted by Gasteiger charge is -1.96. The van der Waals surface area contributed by atoms with Crippen molar-refractivity contribution in [2.45, 2.75) is 0 Å². The lowest BCUT2D eigenvalue weighted by molar-refractivity contribution is 0.215.